The Labute approximate surface area is 247 Å². The van der Waals surface area contributed by atoms with Crippen LogP contribution in [0.15, 0.2) is 83.9 Å². The lowest BCUT2D eigenvalue weighted by molar-refractivity contribution is 0.0808. The SMILES string of the molecule is O=C(Nc1c(O)cccc1C(=O)Nc1ccc(Cl)cn1)c1ccc(-c2cccn(CCN3CCC(O)CC3)c2=O)cc1. The van der Waals surface area contributed by atoms with Gasteiger partial charge in [-0.2, -0.15) is 0 Å². The Morgan fingerprint density at radius 3 is 2.40 bits per heavy atom. The smallest absolute Gasteiger partial charge is 0.259 e. The number of likely N-dealkylation sites (tertiary alicyclic amines) is 1. The molecule has 4 N–H and O–H groups in total. The van der Waals surface area contributed by atoms with E-state index in [4.69, 9.17) is 11.6 Å². The fraction of sp³-hybridized carbons (Fsp3) is 0.226. The zero-order valence-electron chi connectivity index (χ0n) is 22.7. The minimum absolute atomic E-state index is 0.0438. The van der Waals surface area contributed by atoms with Gasteiger partial charge in [0.25, 0.3) is 17.4 Å². The van der Waals surface area contributed by atoms with E-state index < -0.39 is 11.8 Å². The molecule has 1 aliphatic heterocycles. The molecular formula is C31H30ClN5O5. The minimum atomic E-state index is -0.579. The zero-order chi connectivity index (χ0) is 29.6. The van der Waals surface area contributed by atoms with Crippen LogP contribution in [0.25, 0.3) is 11.1 Å². The first-order chi connectivity index (χ1) is 20.3. The molecule has 2 amide bonds. The van der Waals surface area contributed by atoms with Gasteiger partial charge in [0.15, 0.2) is 0 Å². The second-order valence-corrected chi connectivity index (χ2v) is 10.5. The molecule has 216 valence electrons. The maximum Gasteiger partial charge on any atom is 0.259 e. The van der Waals surface area contributed by atoms with E-state index in [0.29, 0.717) is 22.7 Å². The van der Waals surface area contributed by atoms with Gasteiger partial charge in [0.2, 0.25) is 0 Å². The van der Waals surface area contributed by atoms with E-state index in [9.17, 15) is 24.6 Å². The first kappa shape index (κ1) is 29.0. The van der Waals surface area contributed by atoms with Crippen molar-refractivity contribution in [1.82, 2.24) is 14.5 Å². The predicted molar refractivity (Wildman–Crippen MR) is 161 cm³/mol. The number of benzene rings is 2. The number of piperidine rings is 1. The number of nitrogens with zero attached hydrogens (tertiary/aromatic N) is 3. The molecule has 2 aromatic heterocycles. The van der Waals surface area contributed by atoms with Gasteiger partial charge in [-0.1, -0.05) is 29.8 Å². The number of carbonyl (C=O) groups excluding carboxylic acids is 2. The number of phenolic OH excluding ortho intramolecular Hbond substituents is 1. The van der Waals surface area contributed by atoms with Gasteiger partial charge in [-0.15, -0.1) is 0 Å². The first-order valence-corrected chi connectivity index (χ1v) is 13.9. The third kappa shape index (κ3) is 6.85. The summed E-state index contributed by atoms with van der Waals surface area (Å²) in [5.41, 5.74) is 1.30. The van der Waals surface area contributed by atoms with Gasteiger partial charge in [-0.3, -0.25) is 14.4 Å². The fourth-order valence-corrected chi connectivity index (χ4v) is 4.92. The van der Waals surface area contributed by atoms with Crippen LogP contribution in [0.2, 0.25) is 5.02 Å². The molecule has 11 heteroatoms. The molecule has 10 nitrogen and oxygen atoms in total. The lowest BCUT2D eigenvalue weighted by Crippen LogP contribution is -2.38. The minimum Gasteiger partial charge on any atom is -0.506 e. The van der Waals surface area contributed by atoms with Gasteiger partial charge in [0, 0.05) is 49.7 Å². The summed E-state index contributed by atoms with van der Waals surface area (Å²) in [5, 5.41) is 25.8. The molecule has 3 heterocycles. The number of aromatic nitrogens is 2. The van der Waals surface area contributed by atoms with Crippen LogP contribution in [0.3, 0.4) is 0 Å². The number of carbonyl (C=O) groups is 2. The van der Waals surface area contributed by atoms with E-state index in [1.807, 2.05) is 6.07 Å². The number of anilines is 2. The summed E-state index contributed by atoms with van der Waals surface area (Å²) in [6, 6.07) is 17.5. The number of halogens is 1. The number of pyridine rings is 2. The normalized spacial score (nSPS) is 14.0. The van der Waals surface area contributed by atoms with Gasteiger partial charge in [0.1, 0.15) is 11.6 Å². The molecule has 1 fully saturated rings. The summed E-state index contributed by atoms with van der Waals surface area (Å²) >= 11 is 5.85. The van der Waals surface area contributed by atoms with Crippen LogP contribution >= 0.6 is 11.6 Å². The molecule has 0 radical (unpaired) electrons. The van der Waals surface area contributed by atoms with Crippen molar-refractivity contribution >= 4 is 34.9 Å². The molecular weight excluding hydrogens is 558 g/mol. The van der Waals surface area contributed by atoms with E-state index in [1.54, 1.807) is 47.2 Å². The van der Waals surface area contributed by atoms with Crippen LogP contribution < -0.4 is 16.2 Å². The number of hydrogen-bond acceptors (Lipinski definition) is 7. The Morgan fingerprint density at radius 1 is 0.929 bits per heavy atom. The quantitative estimate of drug-likeness (QED) is 0.226. The molecule has 0 spiro atoms. The first-order valence-electron chi connectivity index (χ1n) is 13.5. The number of hydrogen-bond donors (Lipinski definition) is 4. The summed E-state index contributed by atoms with van der Waals surface area (Å²) in [4.78, 5) is 45.5. The maximum atomic E-state index is 13.2. The van der Waals surface area contributed by atoms with E-state index in [2.05, 4.69) is 20.5 Å². The van der Waals surface area contributed by atoms with Crippen molar-refractivity contribution < 1.29 is 19.8 Å². The summed E-state index contributed by atoms with van der Waals surface area (Å²) in [7, 11) is 0. The van der Waals surface area contributed by atoms with E-state index in [1.165, 1.54) is 30.5 Å². The second kappa shape index (κ2) is 13.0. The van der Waals surface area contributed by atoms with Gasteiger partial charge in [-0.25, -0.2) is 4.98 Å². The highest BCUT2D eigenvalue weighted by molar-refractivity contribution is 6.30. The van der Waals surface area contributed by atoms with E-state index >= 15 is 0 Å². The Hall–Kier alpha value is -4.51. The van der Waals surface area contributed by atoms with Crippen molar-refractivity contribution in [3.63, 3.8) is 0 Å². The number of aromatic hydroxyl groups is 1. The average molecular weight is 588 g/mol. The molecule has 0 bridgehead atoms. The molecule has 0 aliphatic carbocycles. The lowest BCUT2D eigenvalue weighted by atomic mass is 10.0. The summed E-state index contributed by atoms with van der Waals surface area (Å²) in [6.07, 6.45) is 4.40. The summed E-state index contributed by atoms with van der Waals surface area (Å²) in [5.74, 6) is -1.14. The molecule has 0 saturated carbocycles. The van der Waals surface area contributed by atoms with Gasteiger partial charge in [0.05, 0.1) is 22.4 Å². The number of para-hydroxylation sites is 1. The second-order valence-electron chi connectivity index (χ2n) is 10.0. The molecule has 1 saturated heterocycles. The van der Waals surface area contributed by atoms with Crippen LogP contribution in [0.5, 0.6) is 5.75 Å². The van der Waals surface area contributed by atoms with Crippen LogP contribution in [0.4, 0.5) is 11.5 Å². The topological polar surface area (TPSA) is 137 Å². The molecule has 0 atom stereocenters. The van der Waals surface area contributed by atoms with Crippen molar-refractivity contribution in [1.29, 1.82) is 0 Å². The number of phenols is 1. The van der Waals surface area contributed by atoms with Gasteiger partial charge in [-0.05, 0) is 66.9 Å². The van der Waals surface area contributed by atoms with Crippen molar-refractivity contribution in [2.75, 3.05) is 30.3 Å². The van der Waals surface area contributed by atoms with Crippen molar-refractivity contribution in [2.24, 2.45) is 0 Å². The lowest BCUT2D eigenvalue weighted by Gasteiger charge is -2.29. The third-order valence-corrected chi connectivity index (χ3v) is 7.41. The van der Waals surface area contributed by atoms with E-state index in [-0.39, 0.29) is 40.0 Å². The summed E-state index contributed by atoms with van der Waals surface area (Å²) in [6.45, 7) is 2.88. The number of rotatable bonds is 8. The Balaban J connectivity index is 1.28. The monoisotopic (exact) mass is 587 g/mol. The molecule has 42 heavy (non-hydrogen) atoms. The van der Waals surface area contributed by atoms with Crippen molar-refractivity contribution in [2.45, 2.75) is 25.5 Å². The van der Waals surface area contributed by atoms with Crippen LogP contribution in [-0.2, 0) is 6.54 Å². The van der Waals surface area contributed by atoms with E-state index in [0.717, 1.165) is 32.5 Å². The highest BCUT2D eigenvalue weighted by Crippen LogP contribution is 2.29. The van der Waals surface area contributed by atoms with Crippen LogP contribution in [0, 0.1) is 0 Å². The molecule has 2 aromatic carbocycles. The molecule has 0 unspecified atom stereocenters. The van der Waals surface area contributed by atoms with Crippen LogP contribution in [-0.4, -0.2) is 62.2 Å². The number of aliphatic hydroxyl groups is 1. The Bertz CT molecular complexity index is 1630. The highest BCUT2D eigenvalue weighted by atomic mass is 35.5. The largest absolute Gasteiger partial charge is 0.506 e. The molecule has 1 aliphatic rings. The van der Waals surface area contributed by atoms with Crippen molar-refractivity contribution in [3.8, 4) is 16.9 Å². The highest BCUT2D eigenvalue weighted by Gasteiger charge is 2.19. The third-order valence-electron chi connectivity index (χ3n) is 7.19. The van der Waals surface area contributed by atoms with Gasteiger partial charge >= 0.3 is 0 Å². The average Bonchev–Trinajstić information content (AvgIpc) is 2.99. The van der Waals surface area contributed by atoms with Crippen molar-refractivity contribution in [3.05, 3.63) is 106 Å². The predicted octanol–water partition coefficient (Wildman–Crippen LogP) is 4.23. The zero-order valence-corrected chi connectivity index (χ0v) is 23.4. The van der Waals surface area contributed by atoms with Crippen LogP contribution in [0.1, 0.15) is 33.6 Å². The fourth-order valence-electron chi connectivity index (χ4n) is 4.81. The molecule has 4 aromatic rings. The number of amides is 2. The summed E-state index contributed by atoms with van der Waals surface area (Å²) < 4.78 is 1.67. The Morgan fingerprint density at radius 2 is 1.69 bits per heavy atom. The Kier molecular flexibility index (Phi) is 8.97. The number of nitrogens with one attached hydrogen (secondary N) is 2. The standard InChI is InChI=1S/C31H30ClN5O5/c32-22-10-11-27(33-19-22)34-30(41)25-3-1-5-26(39)28(25)35-29(40)21-8-6-20(7-9-21)24-4-2-14-37(31(24)42)18-17-36-15-12-23(38)13-16-36/h1-11,14,19,23,38-39H,12-13,15-18H2,(H,35,40)(H,33,34,41). The van der Waals surface area contributed by atoms with Gasteiger partial charge < -0.3 is 30.3 Å². The number of aliphatic hydroxyl groups excluding tert-OH is 1. The maximum absolute atomic E-state index is 13.2. The molecule has 5 rings (SSSR count).